The Labute approximate surface area is 114 Å². The van der Waals surface area contributed by atoms with E-state index in [0.29, 0.717) is 6.04 Å². The molecule has 3 unspecified atom stereocenters. The van der Waals surface area contributed by atoms with Gasteiger partial charge < -0.3 is 5.32 Å². The lowest BCUT2D eigenvalue weighted by molar-refractivity contribution is 0.267. The number of hydrogen-bond acceptors (Lipinski definition) is 3. The molecular weight excluding hydrogens is 240 g/mol. The standard InChI is InChI=1S/C15H18N2S/c18-10-17-14-8-4-3-7-13(14)15-12-6-2-1-5-11(12)9-16-15/h3-4,7-8,11-12,15-16H,1-2,5-6,9H2. The monoisotopic (exact) mass is 258 g/mol. The number of isothiocyanates is 1. The Morgan fingerprint density at radius 2 is 2.06 bits per heavy atom. The van der Waals surface area contributed by atoms with Crippen molar-refractivity contribution < 1.29 is 0 Å². The fourth-order valence-electron chi connectivity index (χ4n) is 3.60. The van der Waals surface area contributed by atoms with E-state index in [0.717, 1.165) is 24.1 Å². The van der Waals surface area contributed by atoms with E-state index in [1.165, 1.54) is 31.2 Å². The van der Waals surface area contributed by atoms with Crippen LogP contribution in [0.25, 0.3) is 0 Å². The highest BCUT2D eigenvalue weighted by molar-refractivity contribution is 7.78. The van der Waals surface area contributed by atoms with E-state index in [4.69, 9.17) is 12.2 Å². The van der Waals surface area contributed by atoms with Gasteiger partial charge in [-0.3, -0.25) is 0 Å². The fourth-order valence-corrected chi connectivity index (χ4v) is 3.70. The average molecular weight is 258 g/mol. The van der Waals surface area contributed by atoms with Gasteiger partial charge in [0, 0.05) is 6.04 Å². The van der Waals surface area contributed by atoms with E-state index in [-0.39, 0.29) is 0 Å². The van der Waals surface area contributed by atoms with Crippen molar-refractivity contribution in [3.05, 3.63) is 29.8 Å². The third-order valence-electron chi connectivity index (χ3n) is 4.43. The molecule has 1 aromatic carbocycles. The number of nitrogens with one attached hydrogen (secondary N) is 1. The van der Waals surface area contributed by atoms with Gasteiger partial charge in [0.1, 0.15) is 0 Å². The summed E-state index contributed by atoms with van der Waals surface area (Å²) in [7, 11) is 0. The molecule has 18 heavy (non-hydrogen) atoms. The molecule has 0 spiro atoms. The second-order valence-electron chi connectivity index (χ2n) is 5.36. The largest absolute Gasteiger partial charge is 0.309 e. The van der Waals surface area contributed by atoms with E-state index in [1.807, 2.05) is 12.1 Å². The number of aliphatic imine (C=N–C) groups is 1. The molecule has 3 rings (SSSR count). The summed E-state index contributed by atoms with van der Waals surface area (Å²) in [4.78, 5) is 4.21. The molecule has 1 saturated heterocycles. The molecule has 0 amide bonds. The molecule has 0 bridgehead atoms. The molecular formula is C15H18N2S. The zero-order valence-electron chi connectivity index (χ0n) is 10.4. The number of para-hydroxylation sites is 1. The van der Waals surface area contributed by atoms with Crippen molar-refractivity contribution in [1.82, 2.24) is 5.32 Å². The first-order chi connectivity index (χ1) is 8.90. The van der Waals surface area contributed by atoms with Crippen molar-refractivity contribution in [2.24, 2.45) is 16.8 Å². The molecule has 2 fully saturated rings. The summed E-state index contributed by atoms with van der Waals surface area (Å²) in [5.41, 5.74) is 2.28. The van der Waals surface area contributed by atoms with Gasteiger partial charge in [0.25, 0.3) is 0 Å². The van der Waals surface area contributed by atoms with Crippen LogP contribution < -0.4 is 5.32 Å². The van der Waals surface area contributed by atoms with Gasteiger partial charge in [-0.15, -0.1) is 0 Å². The van der Waals surface area contributed by atoms with Crippen LogP contribution in [0.5, 0.6) is 0 Å². The first-order valence-electron chi connectivity index (χ1n) is 6.80. The van der Waals surface area contributed by atoms with Crippen molar-refractivity contribution >= 4 is 23.1 Å². The lowest BCUT2D eigenvalue weighted by atomic mass is 9.76. The maximum absolute atomic E-state index is 4.75. The molecule has 1 aliphatic carbocycles. The Hall–Kier alpha value is -1.02. The van der Waals surface area contributed by atoms with Crippen LogP contribution in [0.2, 0.25) is 0 Å². The topological polar surface area (TPSA) is 24.4 Å². The minimum atomic E-state index is 0.457. The Balaban J connectivity index is 1.92. The quantitative estimate of drug-likeness (QED) is 0.643. The summed E-state index contributed by atoms with van der Waals surface area (Å²) in [5.74, 6) is 1.63. The number of benzene rings is 1. The predicted molar refractivity (Wildman–Crippen MR) is 77.3 cm³/mol. The lowest BCUT2D eigenvalue weighted by Gasteiger charge is -2.28. The van der Waals surface area contributed by atoms with Crippen LogP contribution in [-0.2, 0) is 0 Å². The second-order valence-corrected chi connectivity index (χ2v) is 5.54. The maximum Gasteiger partial charge on any atom is 0.0787 e. The van der Waals surface area contributed by atoms with Gasteiger partial charge >= 0.3 is 0 Å². The first-order valence-corrected chi connectivity index (χ1v) is 7.21. The lowest BCUT2D eigenvalue weighted by Crippen LogP contribution is -2.20. The molecule has 3 atom stereocenters. The summed E-state index contributed by atoms with van der Waals surface area (Å²) >= 11 is 4.75. The number of thiocarbonyl (C=S) groups is 1. The Kier molecular flexibility index (Phi) is 3.55. The predicted octanol–water partition coefficient (Wildman–Crippen LogP) is 3.87. The highest BCUT2D eigenvalue weighted by atomic mass is 32.1. The van der Waals surface area contributed by atoms with Crippen LogP contribution in [0.3, 0.4) is 0 Å². The molecule has 1 aliphatic heterocycles. The van der Waals surface area contributed by atoms with Gasteiger partial charge in [-0.05, 0) is 55.1 Å². The molecule has 2 nitrogen and oxygen atoms in total. The SMILES string of the molecule is S=C=Nc1ccccc1C1NCC2CCCCC21. The van der Waals surface area contributed by atoms with Crippen LogP contribution in [0.15, 0.2) is 29.3 Å². The average Bonchev–Trinajstić information content (AvgIpc) is 2.84. The van der Waals surface area contributed by atoms with E-state index in [9.17, 15) is 0 Å². The van der Waals surface area contributed by atoms with Gasteiger partial charge in [0.2, 0.25) is 0 Å². The minimum absolute atomic E-state index is 0.457. The van der Waals surface area contributed by atoms with Crippen molar-refractivity contribution in [3.8, 4) is 0 Å². The van der Waals surface area contributed by atoms with Crippen molar-refractivity contribution in [1.29, 1.82) is 0 Å². The first kappa shape index (κ1) is 12.0. The summed E-state index contributed by atoms with van der Waals surface area (Å²) in [6.45, 7) is 1.16. The fraction of sp³-hybridized carbons (Fsp3) is 0.533. The van der Waals surface area contributed by atoms with Crippen molar-refractivity contribution in [2.45, 2.75) is 31.7 Å². The zero-order chi connectivity index (χ0) is 12.4. The third-order valence-corrected chi connectivity index (χ3v) is 4.53. The summed E-state index contributed by atoms with van der Waals surface area (Å²) in [6.07, 6.45) is 5.50. The van der Waals surface area contributed by atoms with Crippen molar-refractivity contribution in [3.63, 3.8) is 0 Å². The summed E-state index contributed by atoms with van der Waals surface area (Å²) in [6, 6.07) is 8.78. The summed E-state index contributed by atoms with van der Waals surface area (Å²) < 4.78 is 0. The molecule has 1 heterocycles. The van der Waals surface area contributed by atoms with Crippen LogP contribution in [0, 0.1) is 11.8 Å². The van der Waals surface area contributed by atoms with Gasteiger partial charge in [-0.2, -0.15) is 4.99 Å². The van der Waals surface area contributed by atoms with Gasteiger partial charge in [0.05, 0.1) is 10.8 Å². The highest BCUT2D eigenvalue weighted by Gasteiger charge is 2.38. The maximum atomic E-state index is 4.75. The number of hydrogen-bond donors (Lipinski definition) is 1. The van der Waals surface area contributed by atoms with Crippen molar-refractivity contribution in [2.75, 3.05) is 6.54 Å². The third kappa shape index (κ3) is 2.14. The van der Waals surface area contributed by atoms with Crippen LogP contribution in [0.1, 0.15) is 37.3 Å². The molecule has 94 valence electrons. The second kappa shape index (κ2) is 5.31. The number of nitrogens with zero attached hydrogens (tertiary/aromatic N) is 1. The van der Waals surface area contributed by atoms with Gasteiger partial charge in [0.15, 0.2) is 0 Å². The van der Waals surface area contributed by atoms with E-state index < -0.39 is 0 Å². The van der Waals surface area contributed by atoms with E-state index in [2.05, 4.69) is 27.6 Å². The molecule has 1 aromatic rings. The van der Waals surface area contributed by atoms with Gasteiger partial charge in [-0.25, -0.2) is 0 Å². The van der Waals surface area contributed by atoms with E-state index in [1.54, 1.807) is 0 Å². The number of rotatable bonds is 2. The normalized spacial score (nSPS) is 30.6. The van der Waals surface area contributed by atoms with E-state index >= 15 is 0 Å². The van der Waals surface area contributed by atoms with Crippen LogP contribution in [-0.4, -0.2) is 11.7 Å². The molecule has 0 aromatic heterocycles. The van der Waals surface area contributed by atoms with Crippen LogP contribution in [0.4, 0.5) is 5.69 Å². The number of fused-ring (bicyclic) bond motifs is 1. The highest BCUT2D eigenvalue weighted by Crippen LogP contribution is 2.44. The molecule has 0 radical (unpaired) electrons. The molecule has 2 aliphatic rings. The Morgan fingerprint density at radius 1 is 1.22 bits per heavy atom. The minimum Gasteiger partial charge on any atom is -0.309 e. The van der Waals surface area contributed by atoms with Gasteiger partial charge in [-0.1, -0.05) is 31.0 Å². The van der Waals surface area contributed by atoms with Crippen LogP contribution >= 0.6 is 12.2 Å². The molecule has 1 N–H and O–H groups in total. The molecule has 1 saturated carbocycles. The Bertz CT molecular complexity index is 479. The smallest absolute Gasteiger partial charge is 0.0787 e. The zero-order valence-corrected chi connectivity index (χ0v) is 11.2. The Morgan fingerprint density at radius 3 is 2.94 bits per heavy atom. The molecule has 3 heteroatoms. The summed E-state index contributed by atoms with van der Waals surface area (Å²) in [5, 5.41) is 6.19.